The quantitative estimate of drug-likeness (QED) is 0.748. The van der Waals surface area contributed by atoms with Crippen LogP contribution in [-0.2, 0) is 6.42 Å². The van der Waals surface area contributed by atoms with Crippen LogP contribution < -0.4 is 10.2 Å². The predicted molar refractivity (Wildman–Crippen MR) is 105 cm³/mol. The van der Waals surface area contributed by atoms with Gasteiger partial charge in [0.1, 0.15) is 11.5 Å². The standard InChI is InChI=1S/C22H21N3O/c1-15-8-3-5-10-18(15)24-22(26)19-11-7-13-21(23-19)25-16(2)14-17-9-4-6-12-20(17)25/h3-13,16H,14H2,1-2H3,(H,24,26). The Morgan fingerprint density at radius 2 is 1.81 bits per heavy atom. The van der Waals surface area contributed by atoms with Crippen LogP contribution in [0.15, 0.2) is 66.7 Å². The molecule has 0 spiro atoms. The summed E-state index contributed by atoms with van der Waals surface area (Å²) in [6.45, 7) is 4.16. The summed E-state index contributed by atoms with van der Waals surface area (Å²) in [4.78, 5) is 19.5. The molecule has 2 aromatic carbocycles. The van der Waals surface area contributed by atoms with Gasteiger partial charge in [0.25, 0.3) is 5.91 Å². The Balaban J connectivity index is 1.63. The van der Waals surface area contributed by atoms with Gasteiger partial charge in [-0.2, -0.15) is 0 Å². The van der Waals surface area contributed by atoms with Crippen molar-refractivity contribution in [2.45, 2.75) is 26.3 Å². The molecule has 0 bridgehead atoms. The summed E-state index contributed by atoms with van der Waals surface area (Å²) in [6.07, 6.45) is 0.984. The number of fused-ring (bicyclic) bond motifs is 1. The molecule has 3 aromatic rings. The number of rotatable bonds is 3. The van der Waals surface area contributed by atoms with Gasteiger partial charge in [-0.1, -0.05) is 42.5 Å². The zero-order chi connectivity index (χ0) is 18.1. The second kappa shape index (κ2) is 6.64. The number of amides is 1. The van der Waals surface area contributed by atoms with E-state index in [0.29, 0.717) is 11.7 Å². The lowest BCUT2D eigenvalue weighted by Gasteiger charge is -2.24. The molecule has 1 aromatic heterocycles. The van der Waals surface area contributed by atoms with Crippen molar-refractivity contribution in [2.75, 3.05) is 10.2 Å². The average Bonchev–Trinajstić information content (AvgIpc) is 2.99. The molecule has 1 aliphatic rings. The van der Waals surface area contributed by atoms with Crippen LogP contribution in [0.3, 0.4) is 0 Å². The maximum atomic E-state index is 12.7. The molecule has 0 saturated heterocycles. The van der Waals surface area contributed by atoms with Gasteiger partial charge in [0.15, 0.2) is 0 Å². The van der Waals surface area contributed by atoms with E-state index in [1.165, 1.54) is 11.3 Å². The Morgan fingerprint density at radius 1 is 1.04 bits per heavy atom. The van der Waals surface area contributed by atoms with Crippen molar-refractivity contribution in [3.8, 4) is 0 Å². The first-order valence-electron chi connectivity index (χ1n) is 8.84. The normalized spacial score (nSPS) is 15.6. The molecule has 130 valence electrons. The Kier molecular flexibility index (Phi) is 4.17. The molecule has 26 heavy (non-hydrogen) atoms. The lowest BCUT2D eigenvalue weighted by molar-refractivity contribution is 0.102. The van der Waals surface area contributed by atoms with Crippen LogP contribution in [0.1, 0.15) is 28.5 Å². The molecule has 0 radical (unpaired) electrons. The third-order valence-corrected chi connectivity index (χ3v) is 4.81. The van der Waals surface area contributed by atoms with E-state index >= 15 is 0 Å². The zero-order valence-electron chi connectivity index (χ0n) is 14.9. The molecule has 4 rings (SSSR count). The number of hydrogen-bond donors (Lipinski definition) is 1. The SMILES string of the molecule is Cc1ccccc1NC(=O)c1cccc(N2c3ccccc3CC2C)n1. The summed E-state index contributed by atoms with van der Waals surface area (Å²) in [6, 6.07) is 22.0. The summed E-state index contributed by atoms with van der Waals surface area (Å²) in [7, 11) is 0. The maximum Gasteiger partial charge on any atom is 0.274 e. The minimum absolute atomic E-state index is 0.193. The van der Waals surface area contributed by atoms with Crippen LogP contribution in [0.2, 0.25) is 0 Å². The number of nitrogens with one attached hydrogen (secondary N) is 1. The number of carbonyl (C=O) groups is 1. The Labute approximate surface area is 153 Å². The van der Waals surface area contributed by atoms with E-state index in [0.717, 1.165) is 23.5 Å². The second-order valence-corrected chi connectivity index (χ2v) is 6.70. The monoisotopic (exact) mass is 343 g/mol. The number of anilines is 3. The van der Waals surface area contributed by atoms with Crippen molar-refractivity contribution < 1.29 is 4.79 Å². The maximum absolute atomic E-state index is 12.7. The van der Waals surface area contributed by atoms with Gasteiger partial charge in [0.05, 0.1) is 0 Å². The first-order valence-corrected chi connectivity index (χ1v) is 8.84. The fourth-order valence-electron chi connectivity index (χ4n) is 3.50. The van der Waals surface area contributed by atoms with Crippen LogP contribution in [0, 0.1) is 6.92 Å². The minimum Gasteiger partial charge on any atom is -0.323 e. The van der Waals surface area contributed by atoms with Crippen LogP contribution in [0.25, 0.3) is 0 Å². The third-order valence-electron chi connectivity index (χ3n) is 4.81. The van der Waals surface area contributed by atoms with Crippen molar-refractivity contribution >= 4 is 23.1 Å². The summed E-state index contributed by atoms with van der Waals surface area (Å²) in [5.41, 5.74) is 4.74. The first kappa shape index (κ1) is 16.3. The molecular weight excluding hydrogens is 322 g/mol. The van der Waals surface area contributed by atoms with E-state index < -0.39 is 0 Å². The highest BCUT2D eigenvalue weighted by molar-refractivity contribution is 6.03. The molecule has 4 nitrogen and oxygen atoms in total. The minimum atomic E-state index is -0.193. The molecule has 0 saturated carbocycles. The number of aromatic nitrogens is 1. The van der Waals surface area contributed by atoms with Crippen molar-refractivity contribution in [3.05, 3.63) is 83.6 Å². The molecule has 1 N–H and O–H groups in total. The van der Waals surface area contributed by atoms with E-state index in [1.807, 2.05) is 49.4 Å². The predicted octanol–water partition coefficient (Wildman–Crippen LogP) is 4.73. The van der Waals surface area contributed by atoms with Crippen molar-refractivity contribution in [2.24, 2.45) is 0 Å². The van der Waals surface area contributed by atoms with Gasteiger partial charge in [-0.3, -0.25) is 4.79 Å². The van der Waals surface area contributed by atoms with Crippen LogP contribution in [0.4, 0.5) is 17.2 Å². The number of nitrogens with zero attached hydrogens (tertiary/aromatic N) is 2. The summed E-state index contributed by atoms with van der Waals surface area (Å²) in [5.74, 6) is 0.612. The van der Waals surface area contributed by atoms with Gasteiger partial charge >= 0.3 is 0 Å². The average molecular weight is 343 g/mol. The smallest absolute Gasteiger partial charge is 0.274 e. The molecule has 0 fully saturated rings. The molecule has 2 heterocycles. The highest BCUT2D eigenvalue weighted by Crippen LogP contribution is 2.37. The van der Waals surface area contributed by atoms with Crippen LogP contribution in [-0.4, -0.2) is 16.9 Å². The fraction of sp³-hybridized carbons (Fsp3) is 0.182. The first-order chi connectivity index (χ1) is 12.6. The van der Waals surface area contributed by atoms with Crippen molar-refractivity contribution in [1.82, 2.24) is 4.98 Å². The zero-order valence-corrected chi connectivity index (χ0v) is 14.9. The van der Waals surface area contributed by atoms with Crippen LogP contribution in [0.5, 0.6) is 0 Å². The highest BCUT2D eigenvalue weighted by atomic mass is 16.1. The summed E-state index contributed by atoms with van der Waals surface area (Å²) in [5, 5.41) is 2.95. The number of carbonyl (C=O) groups excluding carboxylic acids is 1. The lowest BCUT2D eigenvalue weighted by Crippen LogP contribution is -2.25. The van der Waals surface area contributed by atoms with E-state index in [1.54, 1.807) is 6.07 Å². The Hall–Kier alpha value is -3.14. The largest absolute Gasteiger partial charge is 0.323 e. The summed E-state index contributed by atoms with van der Waals surface area (Å²) < 4.78 is 0. The molecule has 1 unspecified atom stereocenters. The van der Waals surface area contributed by atoms with Gasteiger partial charge in [0, 0.05) is 17.4 Å². The molecule has 1 atom stereocenters. The van der Waals surface area contributed by atoms with Gasteiger partial charge in [-0.25, -0.2) is 4.98 Å². The van der Waals surface area contributed by atoms with Gasteiger partial charge in [-0.15, -0.1) is 0 Å². The summed E-state index contributed by atoms with van der Waals surface area (Å²) >= 11 is 0. The third kappa shape index (κ3) is 2.94. The van der Waals surface area contributed by atoms with Crippen molar-refractivity contribution in [3.63, 3.8) is 0 Å². The van der Waals surface area contributed by atoms with E-state index in [2.05, 4.69) is 40.3 Å². The van der Waals surface area contributed by atoms with E-state index in [4.69, 9.17) is 0 Å². The van der Waals surface area contributed by atoms with Gasteiger partial charge in [0.2, 0.25) is 0 Å². The lowest BCUT2D eigenvalue weighted by atomic mass is 10.1. The fourth-order valence-corrected chi connectivity index (χ4v) is 3.50. The topological polar surface area (TPSA) is 45.2 Å². The number of pyridine rings is 1. The number of benzene rings is 2. The van der Waals surface area contributed by atoms with E-state index in [9.17, 15) is 4.79 Å². The highest BCUT2D eigenvalue weighted by Gasteiger charge is 2.28. The molecule has 0 aliphatic carbocycles. The number of para-hydroxylation sites is 2. The molecule has 4 heteroatoms. The Morgan fingerprint density at radius 3 is 2.65 bits per heavy atom. The van der Waals surface area contributed by atoms with Gasteiger partial charge in [-0.05, 0) is 55.7 Å². The number of hydrogen-bond acceptors (Lipinski definition) is 3. The van der Waals surface area contributed by atoms with Gasteiger partial charge < -0.3 is 10.2 Å². The van der Waals surface area contributed by atoms with E-state index in [-0.39, 0.29) is 5.91 Å². The van der Waals surface area contributed by atoms with Crippen LogP contribution >= 0.6 is 0 Å². The molecular formula is C22H21N3O. The molecule has 1 amide bonds. The second-order valence-electron chi connectivity index (χ2n) is 6.70. The van der Waals surface area contributed by atoms with Crippen molar-refractivity contribution in [1.29, 1.82) is 0 Å². The Bertz CT molecular complexity index is 967. The number of aryl methyl sites for hydroxylation is 1. The molecule has 1 aliphatic heterocycles.